The van der Waals surface area contributed by atoms with Crippen LogP contribution in [0, 0.1) is 6.92 Å². The molecular weight excluding hydrogens is 302 g/mol. The van der Waals surface area contributed by atoms with Crippen molar-refractivity contribution in [1.82, 2.24) is 4.90 Å². The van der Waals surface area contributed by atoms with E-state index < -0.39 is 9.84 Å². The van der Waals surface area contributed by atoms with Gasteiger partial charge in [-0.25, -0.2) is 8.42 Å². The molecule has 0 bridgehead atoms. The molecule has 0 unspecified atom stereocenters. The van der Waals surface area contributed by atoms with Crippen molar-refractivity contribution in [3.63, 3.8) is 0 Å². The van der Waals surface area contributed by atoms with Crippen molar-refractivity contribution in [2.24, 2.45) is 0 Å². The Kier molecular flexibility index (Phi) is 3.78. The van der Waals surface area contributed by atoms with Crippen LogP contribution in [0.15, 0.2) is 40.8 Å². The SMILES string of the molecule is Cc1cc(C(=O)N2CCS(=O)(=O)CC2)c(-c2ccccc2)o1. The van der Waals surface area contributed by atoms with Gasteiger partial charge in [-0.2, -0.15) is 0 Å². The number of carbonyl (C=O) groups excluding carboxylic acids is 1. The summed E-state index contributed by atoms with van der Waals surface area (Å²) in [5.41, 5.74) is 1.33. The Labute approximate surface area is 129 Å². The summed E-state index contributed by atoms with van der Waals surface area (Å²) in [7, 11) is -3.01. The number of rotatable bonds is 2. The van der Waals surface area contributed by atoms with E-state index in [-0.39, 0.29) is 30.5 Å². The highest BCUT2D eigenvalue weighted by atomic mass is 32.2. The van der Waals surface area contributed by atoms with E-state index in [0.29, 0.717) is 17.1 Å². The summed E-state index contributed by atoms with van der Waals surface area (Å²) in [6, 6.07) is 11.2. The van der Waals surface area contributed by atoms with Crippen LogP contribution in [0.5, 0.6) is 0 Å². The molecule has 1 aliphatic heterocycles. The fourth-order valence-electron chi connectivity index (χ4n) is 2.56. The maximum absolute atomic E-state index is 12.7. The van der Waals surface area contributed by atoms with Crippen molar-refractivity contribution in [2.45, 2.75) is 6.92 Å². The fourth-order valence-corrected chi connectivity index (χ4v) is 3.76. The van der Waals surface area contributed by atoms with E-state index in [4.69, 9.17) is 4.42 Å². The van der Waals surface area contributed by atoms with Gasteiger partial charge in [0.25, 0.3) is 5.91 Å². The Bertz CT molecular complexity index is 779. The van der Waals surface area contributed by atoms with Gasteiger partial charge in [0.1, 0.15) is 11.5 Å². The second-order valence-electron chi connectivity index (χ2n) is 5.41. The molecule has 1 aromatic carbocycles. The van der Waals surface area contributed by atoms with Crippen LogP contribution < -0.4 is 0 Å². The average Bonchev–Trinajstić information content (AvgIpc) is 2.89. The van der Waals surface area contributed by atoms with Gasteiger partial charge >= 0.3 is 0 Å². The van der Waals surface area contributed by atoms with Crippen LogP contribution in [0.2, 0.25) is 0 Å². The monoisotopic (exact) mass is 319 g/mol. The number of nitrogens with zero attached hydrogens (tertiary/aromatic N) is 1. The first-order chi connectivity index (χ1) is 10.5. The van der Waals surface area contributed by atoms with Gasteiger partial charge in [0.15, 0.2) is 9.84 Å². The minimum absolute atomic E-state index is 0.0241. The summed E-state index contributed by atoms with van der Waals surface area (Å²) in [4.78, 5) is 14.3. The van der Waals surface area contributed by atoms with Gasteiger partial charge in [0, 0.05) is 18.7 Å². The quantitative estimate of drug-likeness (QED) is 0.850. The van der Waals surface area contributed by atoms with Crippen LogP contribution in [-0.2, 0) is 9.84 Å². The fraction of sp³-hybridized carbons (Fsp3) is 0.312. The number of furan rings is 1. The number of amides is 1. The Morgan fingerprint density at radius 2 is 1.77 bits per heavy atom. The molecule has 1 amide bonds. The lowest BCUT2D eigenvalue weighted by molar-refractivity contribution is 0.0770. The van der Waals surface area contributed by atoms with Crippen LogP contribution in [0.3, 0.4) is 0 Å². The summed E-state index contributed by atoms with van der Waals surface area (Å²) in [6.07, 6.45) is 0. The first-order valence-corrected chi connectivity index (χ1v) is 8.94. The van der Waals surface area contributed by atoms with Crippen molar-refractivity contribution in [2.75, 3.05) is 24.6 Å². The largest absolute Gasteiger partial charge is 0.461 e. The Balaban J connectivity index is 1.91. The van der Waals surface area contributed by atoms with E-state index in [9.17, 15) is 13.2 Å². The minimum Gasteiger partial charge on any atom is -0.461 e. The maximum atomic E-state index is 12.7. The second-order valence-corrected chi connectivity index (χ2v) is 7.71. The molecule has 116 valence electrons. The van der Waals surface area contributed by atoms with Crippen molar-refractivity contribution in [3.8, 4) is 11.3 Å². The Morgan fingerprint density at radius 1 is 1.14 bits per heavy atom. The number of hydrogen-bond acceptors (Lipinski definition) is 4. The van der Waals surface area contributed by atoms with Gasteiger partial charge in [-0.15, -0.1) is 0 Å². The summed E-state index contributed by atoms with van der Waals surface area (Å²) in [5.74, 6) is 1.07. The van der Waals surface area contributed by atoms with Crippen LogP contribution in [0.25, 0.3) is 11.3 Å². The highest BCUT2D eigenvalue weighted by Gasteiger charge is 2.28. The Morgan fingerprint density at radius 3 is 2.41 bits per heavy atom. The van der Waals surface area contributed by atoms with Crippen molar-refractivity contribution in [1.29, 1.82) is 0 Å². The zero-order valence-electron chi connectivity index (χ0n) is 12.3. The van der Waals surface area contributed by atoms with Gasteiger partial charge in [-0.05, 0) is 13.0 Å². The molecule has 0 aliphatic carbocycles. The molecule has 0 atom stereocenters. The van der Waals surface area contributed by atoms with Gasteiger partial charge in [-0.3, -0.25) is 4.79 Å². The van der Waals surface area contributed by atoms with Crippen molar-refractivity contribution >= 4 is 15.7 Å². The number of sulfone groups is 1. The zero-order valence-corrected chi connectivity index (χ0v) is 13.1. The summed E-state index contributed by atoms with van der Waals surface area (Å²) in [5, 5.41) is 0. The predicted molar refractivity (Wildman–Crippen MR) is 83.4 cm³/mol. The molecule has 1 saturated heterocycles. The van der Waals surface area contributed by atoms with Gasteiger partial charge in [-0.1, -0.05) is 30.3 Å². The van der Waals surface area contributed by atoms with Crippen LogP contribution in [0.1, 0.15) is 16.1 Å². The summed E-state index contributed by atoms with van der Waals surface area (Å²) in [6.45, 7) is 2.27. The predicted octanol–water partition coefficient (Wildman–Crippen LogP) is 2.13. The maximum Gasteiger partial charge on any atom is 0.257 e. The molecule has 1 fully saturated rings. The first-order valence-electron chi connectivity index (χ1n) is 7.12. The third-order valence-corrected chi connectivity index (χ3v) is 5.36. The normalized spacial score (nSPS) is 17.4. The third kappa shape index (κ3) is 2.92. The summed E-state index contributed by atoms with van der Waals surface area (Å²) >= 11 is 0. The minimum atomic E-state index is -3.01. The lowest BCUT2D eigenvalue weighted by atomic mass is 10.1. The number of benzene rings is 1. The van der Waals surface area contributed by atoms with E-state index in [1.807, 2.05) is 30.3 Å². The molecule has 1 aliphatic rings. The van der Waals surface area contributed by atoms with E-state index in [1.165, 1.54) is 0 Å². The zero-order chi connectivity index (χ0) is 15.7. The lowest BCUT2D eigenvalue weighted by Crippen LogP contribution is -2.43. The van der Waals surface area contributed by atoms with Gasteiger partial charge < -0.3 is 9.32 Å². The molecular formula is C16H17NO4S. The molecule has 0 N–H and O–H groups in total. The molecule has 0 saturated carbocycles. The molecule has 1 aromatic heterocycles. The van der Waals surface area contributed by atoms with Crippen LogP contribution in [0.4, 0.5) is 0 Å². The van der Waals surface area contributed by atoms with Crippen LogP contribution in [-0.4, -0.2) is 43.8 Å². The van der Waals surface area contributed by atoms with E-state index in [1.54, 1.807) is 17.9 Å². The lowest BCUT2D eigenvalue weighted by Gasteiger charge is -2.26. The van der Waals surface area contributed by atoms with Crippen molar-refractivity contribution < 1.29 is 17.6 Å². The average molecular weight is 319 g/mol. The van der Waals surface area contributed by atoms with Crippen molar-refractivity contribution in [3.05, 3.63) is 47.7 Å². The molecule has 5 nitrogen and oxygen atoms in total. The number of carbonyl (C=O) groups is 1. The van der Waals surface area contributed by atoms with Gasteiger partial charge in [0.2, 0.25) is 0 Å². The van der Waals surface area contributed by atoms with E-state index in [2.05, 4.69) is 0 Å². The number of aryl methyl sites for hydroxylation is 1. The summed E-state index contributed by atoms with van der Waals surface area (Å²) < 4.78 is 28.7. The van der Waals surface area contributed by atoms with E-state index >= 15 is 0 Å². The Hall–Kier alpha value is -2.08. The second kappa shape index (κ2) is 5.61. The molecule has 22 heavy (non-hydrogen) atoms. The first kappa shape index (κ1) is 14.8. The molecule has 2 heterocycles. The van der Waals surface area contributed by atoms with Crippen LogP contribution >= 0.6 is 0 Å². The third-order valence-electron chi connectivity index (χ3n) is 3.75. The topological polar surface area (TPSA) is 67.6 Å². The number of hydrogen-bond donors (Lipinski definition) is 0. The smallest absolute Gasteiger partial charge is 0.257 e. The van der Waals surface area contributed by atoms with E-state index in [0.717, 1.165) is 5.56 Å². The van der Waals surface area contributed by atoms with Gasteiger partial charge in [0.05, 0.1) is 17.1 Å². The highest BCUT2D eigenvalue weighted by molar-refractivity contribution is 7.91. The molecule has 3 rings (SSSR count). The molecule has 0 spiro atoms. The standard InChI is InChI=1S/C16H17NO4S/c1-12-11-14(15(21-12)13-5-3-2-4-6-13)16(18)17-7-9-22(19,20)10-8-17/h2-6,11H,7-10H2,1H3. The molecule has 0 radical (unpaired) electrons. The molecule has 2 aromatic rings. The highest BCUT2D eigenvalue weighted by Crippen LogP contribution is 2.28. The molecule has 6 heteroatoms.